The lowest BCUT2D eigenvalue weighted by Gasteiger charge is -2.30. The molecule has 0 atom stereocenters. The molecule has 21 heavy (non-hydrogen) atoms. The van der Waals surface area contributed by atoms with Crippen LogP contribution in [0.25, 0.3) is 0 Å². The summed E-state index contributed by atoms with van der Waals surface area (Å²) in [5.41, 5.74) is 0. The Kier molecular flexibility index (Phi) is 7.95. The minimum atomic E-state index is -4.74. The second-order valence-electron chi connectivity index (χ2n) is 6.78. The lowest BCUT2D eigenvalue weighted by molar-refractivity contribution is -0.179. The summed E-state index contributed by atoms with van der Waals surface area (Å²) >= 11 is 0. The van der Waals surface area contributed by atoms with Gasteiger partial charge in [-0.15, -0.1) is 0 Å². The van der Waals surface area contributed by atoms with E-state index in [1.807, 2.05) is 11.6 Å². The summed E-state index contributed by atoms with van der Waals surface area (Å²) in [6.07, 6.45) is -4.74. The van der Waals surface area contributed by atoms with Crippen LogP contribution in [-0.2, 0) is 9.59 Å². The monoisotopic (exact) mass is 344 g/mol. The third kappa shape index (κ3) is 8.92. The molecular weight excluding hydrogens is 317 g/mol. The van der Waals surface area contributed by atoms with Gasteiger partial charge in [0.25, 0.3) is 0 Å². The first-order valence-electron chi connectivity index (χ1n) is 6.51. The summed E-state index contributed by atoms with van der Waals surface area (Å²) in [5.74, 6) is -1.57. The smallest absolute Gasteiger partial charge is 0.373 e. The number of hydrogen-bond acceptors (Lipinski definition) is 2. The van der Waals surface area contributed by atoms with Gasteiger partial charge in [-0.1, -0.05) is 39.3 Å². The van der Waals surface area contributed by atoms with Crippen LogP contribution >= 0.6 is 0 Å². The first-order valence-corrected chi connectivity index (χ1v) is 13.4. The van der Waals surface area contributed by atoms with E-state index in [-0.39, 0.29) is 5.91 Å². The topological polar surface area (TPSA) is 40.6 Å². The molecule has 0 aromatic rings. The minimum Gasteiger partial charge on any atom is -0.373 e. The molecule has 0 bridgehead atoms. The van der Waals surface area contributed by atoms with E-state index < -0.39 is 28.6 Å². The Morgan fingerprint density at radius 3 is 1.14 bits per heavy atom. The van der Waals surface area contributed by atoms with Crippen molar-refractivity contribution in [3.05, 3.63) is 0 Å². The molecule has 4 nitrogen and oxygen atoms in total. The zero-order valence-corrected chi connectivity index (χ0v) is 16.3. The van der Waals surface area contributed by atoms with Crippen LogP contribution in [0, 0.1) is 0 Å². The first kappa shape index (κ1) is 22.4. The van der Waals surface area contributed by atoms with Crippen LogP contribution in [0.3, 0.4) is 0 Å². The molecular formula is C12H27F3N2O2Si2. The van der Waals surface area contributed by atoms with Crippen molar-refractivity contribution in [2.24, 2.45) is 0 Å². The van der Waals surface area contributed by atoms with Crippen LogP contribution in [-0.4, -0.2) is 57.7 Å². The Bertz CT molecular complexity index is 374. The second-order valence-corrected chi connectivity index (χ2v) is 16.8. The normalized spacial score (nSPS) is 12.2. The van der Waals surface area contributed by atoms with Crippen LogP contribution in [0.5, 0.6) is 0 Å². The lowest BCUT2D eigenvalue weighted by Crippen LogP contribution is -2.51. The highest BCUT2D eigenvalue weighted by Gasteiger charge is 2.44. The van der Waals surface area contributed by atoms with Crippen molar-refractivity contribution in [1.82, 2.24) is 9.13 Å². The highest BCUT2D eigenvalue weighted by atomic mass is 28.3. The van der Waals surface area contributed by atoms with Crippen molar-refractivity contribution in [2.45, 2.75) is 52.4 Å². The van der Waals surface area contributed by atoms with Gasteiger partial charge < -0.3 is 9.13 Å². The molecule has 0 fully saturated rings. The van der Waals surface area contributed by atoms with Crippen molar-refractivity contribution in [2.75, 3.05) is 14.1 Å². The van der Waals surface area contributed by atoms with Crippen molar-refractivity contribution < 1.29 is 22.8 Å². The number of carbonyl (C=O) groups is 2. The van der Waals surface area contributed by atoms with E-state index in [4.69, 9.17) is 0 Å². The minimum absolute atomic E-state index is 0.175. The zero-order chi connectivity index (χ0) is 17.8. The molecule has 2 amide bonds. The van der Waals surface area contributed by atoms with Gasteiger partial charge in [-0.05, 0) is 0 Å². The van der Waals surface area contributed by atoms with Crippen LogP contribution in [0.15, 0.2) is 0 Å². The Morgan fingerprint density at radius 1 is 0.810 bits per heavy atom. The van der Waals surface area contributed by atoms with E-state index in [9.17, 15) is 22.8 Å². The standard InChI is InChI=1S/C6H12F3NOSi.C6H15NOSi/c1-10(12(2,3)4)5(11)6(7,8)9;1-6(8)7(2)9(3,4)5/h1-4H3;1-5H3. The molecule has 0 aromatic carbocycles. The van der Waals surface area contributed by atoms with Crippen LogP contribution < -0.4 is 0 Å². The number of amides is 2. The van der Waals surface area contributed by atoms with Gasteiger partial charge in [-0.3, -0.25) is 9.59 Å². The molecule has 9 heteroatoms. The predicted molar refractivity (Wildman–Crippen MR) is 84.0 cm³/mol. The average molecular weight is 345 g/mol. The molecule has 0 spiro atoms. The quantitative estimate of drug-likeness (QED) is 0.722. The maximum Gasteiger partial charge on any atom is 0.470 e. The largest absolute Gasteiger partial charge is 0.470 e. The van der Waals surface area contributed by atoms with Crippen molar-refractivity contribution in [3.63, 3.8) is 0 Å². The highest BCUT2D eigenvalue weighted by Crippen LogP contribution is 2.20. The molecule has 0 aliphatic heterocycles. The Labute approximate surface area is 127 Å². The SMILES string of the molecule is CC(=O)N(C)[Si](C)(C)C.CN(C(=O)C(F)(F)F)[Si](C)(C)C. The fraction of sp³-hybridized carbons (Fsp3) is 0.833. The summed E-state index contributed by atoms with van der Waals surface area (Å²) in [6, 6.07) is 0. The molecule has 0 aliphatic rings. The highest BCUT2D eigenvalue weighted by molar-refractivity contribution is 6.75. The van der Waals surface area contributed by atoms with Crippen LogP contribution in [0.2, 0.25) is 39.3 Å². The molecule has 0 unspecified atom stereocenters. The Morgan fingerprint density at radius 2 is 1.10 bits per heavy atom. The maximum atomic E-state index is 11.9. The summed E-state index contributed by atoms with van der Waals surface area (Å²) < 4.78 is 38.2. The molecule has 0 N–H and O–H groups in total. The van der Waals surface area contributed by atoms with Crippen molar-refractivity contribution in [1.29, 1.82) is 0 Å². The van der Waals surface area contributed by atoms with Gasteiger partial charge in [0.05, 0.1) is 0 Å². The van der Waals surface area contributed by atoms with E-state index in [1.54, 1.807) is 26.6 Å². The van der Waals surface area contributed by atoms with E-state index in [1.165, 1.54) is 7.05 Å². The summed E-state index contributed by atoms with van der Waals surface area (Å²) in [4.78, 5) is 21.4. The van der Waals surface area contributed by atoms with Crippen molar-refractivity contribution in [3.8, 4) is 0 Å². The molecule has 0 aliphatic carbocycles. The Hall–Kier alpha value is -0.836. The summed E-state index contributed by atoms with van der Waals surface area (Å²) in [7, 11) is -0.444. The molecule has 0 saturated carbocycles. The predicted octanol–water partition coefficient (Wildman–Crippen LogP) is 3.14. The van der Waals surface area contributed by atoms with E-state index >= 15 is 0 Å². The van der Waals surface area contributed by atoms with Gasteiger partial charge >= 0.3 is 12.1 Å². The third-order valence-corrected chi connectivity index (χ3v) is 7.57. The number of carbonyl (C=O) groups excluding carboxylic acids is 2. The zero-order valence-electron chi connectivity index (χ0n) is 14.3. The molecule has 0 aromatic heterocycles. The van der Waals surface area contributed by atoms with E-state index in [2.05, 4.69) is 19.6 Å². The molecule has 126 valence electrons. The number of hydrogen-bond donors (Lipinski definition) is 0. The van der Waals surface area contributed by atoms with Gasteiger partial charge in [-0.2, -0.15) is 13.2 Å². The second kappa shape index (κ2) is 7.43. The van der Waals surface area contributed by atoms with Gasteiger partial charge in [0.15, 0.2) is 16.5 Å². The van der Waals surface area contributed by atoms with E-state index in [0.717, 1.165) is 4.57 Å². The molecule has 0 radical (unpaired) electrons. The number of halogens is 3. The number of alkyl halides is 3. The van der Waals surface area contributed by atoms with E-state index in [0.29, 0.717) is 0 Å². The van der Waals surface area contributed by atoms with Gasteiger partial charge in [0.1, 0.15) is 0 Å². The molecule has 0 saturated heterocycles. The number of rotatable bonds is 2. The van der Waals surface area contributed by atoms with Crippen molar-refractivity contribution >= 4 is 28.3 Å². The summed E-state index contributed by atoms with van der Waals surface area (Å²) in [5, 5.41) is 0. The first-order chi connectivity index (χ1) is 8.92. The lowest BCUT2D eigenvalue weighted by atomic mass is 10.6. The van der Waals surface area contributed by atoms with Crippen LogP contribution in [0.1, 0.15) is 6.92 Å². The average Bonchev–Trinajstić information content (AvgIpc) is 2.22. The fourth-order valence-corrected chi connectivity index (χ4v) is 2.65. The maximum absolute atomic E-state index is 11.9. The van der Waals surface area contributed by atoms with Gasteiger partial charge in [0, 0.05) is 21.0 Å². The van der Waals surface area contributed by atoms with Gasteiger partial charge in [-0.25, -0.2) is 0 Å². The Balaban J connectivity index is 0. The third-order valence-electron chi connectivity index (χ3n) is 3.03. The molecule has 0 heterocycles. The van der Waals surface area contributed by atoms with Crippen LogP contribution in [0.4, 0.5) is 13.2 Å². The number of nitrogens with zero attached hydrogens (tertiary/aromatic N) is 2. The fourth-order valence-electron chi connectivity index (χ4n) is 0.967. The summed E-state index contributed by atoms with van der Waals surface area (Å²) in [6.45, 7) is 13.1. The molecule has 0 rings (SSSR count). The van der Waals surface area contributed by atoms with Gasteiger partial charge in [0.2, 0.25) is 5.91 Å².